The average molecular weight is 799 g/mol. The van der Waals surface area contributed by atoms with Gasteiger partial charge in [0.2, 0.25) is 0 Å². The van der Waals surface area contributed by atoms with Gasteiger partial charge in [-0.1, -0.05) is 161 Å². The number of aryl methyl sites for hydroxylation is 2. The van der Waals surface area contributed by atoms with Gasteiger partial charge in [-0.05, 0) is 39.0 Å². The first kappa shape index (κ1) is 42.2. The molecule has 6 aromatic carbocycles. The van der Waals surface area contributed by atoms with Gasteiger partial charge in [-0.25, -0.2) is 0 Å². The molecule has 0 aromatic heterocycles. The van der Waals surface area contributed by atoms with Crippen LogP contribution in [0.4, 0.5) is 0 Å². The van der Waals surface area contributed by atoms with E-state index in [2.05, 4.69) is 185 Å². The van der Waals surface area contributed by atoms with Crippen molar-refractivity contribution >= 4 is 48.1 Å². The molecule has 6 aromatic rings. The molecular weight excluding hydrogens is 743 g/mol. The Kier molecular flexibility index (Phi) is 16.1. The topological polar surface area (TPSA) is 0 Å². The molecular formula is C46H56Cl2SiZr. The van der Waals surface area contributed by atoms with Gasteiger partial charge in [0.25, 0.3) is 0 Å². The normalized spacial score (nSPS) is 11.8. The zero-order valence-electron chi connectivity index (χ0n) is 32.4. The minimum atomic E-state index is -0.826. The van der Waals surface area contributed by atoms with Crippen molar-refractivity contribution in [1.82, 2.24) is 0 Å². The summed E-state index contributed by atoms with van der Waals surface area (Å²) in [5.74, 6) is 0.624. The van der Waals surface area contributed by atoms with Crippen molar-refractivity contribution in [3.8, 4) is 22.3 Å². The third-order valence-corrected chi connectivity index (χ3v) is 9.33. The van der Waals surface area contributed by atoms with Crippen LogP contribution in [0.2, 0.25) is 13.1 Å². The van der Waals surface area contributed by atoms with Crippen LogP contribution in [0.5, 0.6) is 0 Å². The van der Waals surface area contributed by atoms with Crippen LogP contribution in [0.15, 0.2) is 103 Å². The van der Waals surface area contributed by atoms with Crippen molar-refractivity contribution < 1.29 is 20.8 Å². The number of fused-ring (bicyclic) bond motifs is 2. The first-order valence-electron chi connectivity index (χ1n) is 17.7. The number of benzene rings is 4. The summed E-state index contributed by atoms with van der Waals surface area (Å²) in [6.07, 6.45) is 1.19. The Labute approximate surface area is 325 Å². The average Bonchev–Trinajstić information content (AvgIpc) is 3.69. The summed E-state index contributed by atoms with van der Waals surface area (Å²) in [5.41, 5.74) is 12.6. The van der Waals surface area contributed by atoms with Gasteiger partial charge in [0.1, 0.15) is 0 Å². The van der Waals surface area contributed by atoms with E-state index in [-0.39, 0.29) is 10.8 Å². The van der Waals surface area contributed by atoms with Gasteiger partial charge >= 0.3 is 37.9 Å². The molecule has 1 unspecified atom stereocenters. The molecule has 2 radical (unpaired) electrons. The fraction of sp³-hybridized carbons (Fsp3) is 0.348. The molecule has 6 rings (SSSR count). The van der Waals surface area contributed by atoms with Gasteiger partial charge in [0.15, 0.2) is 0 Å². The van der Waals surface area contributed by atoms with Gasteiger partial charge in [-0.2, -0.15) is 12.1 Å². The van der Waals surface area contributed by atoms with E-state index in [1.807, 2.05) is 0 Å². The van der Waals surface area contributed by atoms with Gasteiger partial charge in [-0.15, -0.1) is 68.6 Å². The van der Waals surface area contributed by atoms with E-state index in [1.165, 1.54) is 78.0 Å². The standard InChI is InChI=1S/C23H27.C21H23.C2H6Si.2ClH.Zr/c1-6-16(2)19-14-18-8-7-9-21(22(18)15-19)17-10-12-20(13-11-17)23(3,4)5;1-14-12-19-15(2)6-11-18(20(19)13-14)16-7-9-17(10-8-16)21(3,4)5;1-3-2;;;/h7-16H,6H2,1-5H3;6-13H,1-5H3;1-2H3;2*1H;/q2*-1;;;;+4/p-2. The maximum atomic E-state index is 4.93. The van der Waals surface area contributed by atoms with Crippen LogP contribution >= 0.6 is 17.0 Å². The molecule has 0 bridgehead atoms. The molecule has 0 fully saturated rings. The Hall–Kier alpha value is -2.22. The molecule has 1 atom stereocenters. The van der Waals surface area contributed by atoms with E-state index in [0.717, 1.165) is 9.52 Å². The van der Waals surface area contributed by atoms with Crippen LogP contribution in [0.25, 0.3) is 43.8 Å². The molecule has 0 aliphatic heterocycles. The predicted octanol–water partition coefficient (Wildman–Crippen LogP) is 15.3. The van der Waals surface area contributed by atoms with Crippen LogP contribution in [-0.4, -0.2) is 9.52 Å². The second-order valence-corrected chi connectivity index (χ2v) is 20.2. The summed E-state index contributed by atoms with van der Waals surface area (Å²) in [4.78, 5) is 0. The summed E-state index contributed by atoms with van der Waals surface area (Å²) in [6.45, 7) is 26.8. The number of hydrogen-bond acceptors (Lipinski definition) is 0. The maximum absolute atomic E-state index is 4.93. The molecule has 0 saturated carbocycles. The van der Waals surface area contributed by atoms with E-state index in [9.17, 15) is 0 Å². The third-order valence-electron chi connectivity index (χ3n) is 9.33. The Morgan fingerprint density at radius 1 is 0.680 bits per heavy atom. The first-order chi connectivity index (χ1) is 23.6. The van der Waals surface area contributed by atoms with Crippen molar-refractivity contribution in [2.75, 3.05) is 0 Å². The molecule has 4 heteroatoms. The van der Waals surface area contributed by atoms with Crippen LogP contribution < -0.4 is 0 Å². The fourth-order valence-corrected chi connectivity index (χ4v) is 6.17. The van der Waals surface area contributed by atoms with E-state index < -0.39 is 20.8 Å². The third kappa shape index (κ3) is 11.1. The van der Waals surface area contributed by atoms with Gasteiger partial charge in [-0.3, -0.25) is 0 Å². The second-order valence-electron chi connectivity index (χ2n) is 15.4. The molecule has 0 aliphatic rings. The van der Waals surface area contributed by atoms with Crippen LogP contribution in [-0.2, 0) is 31.7 Å². The van der Waals surface area contributed by atoms with Crippen LogP contribution in [0.3, 0.4) is 0 Å². The van der Waals surface area contributed by atoms with Crippen LogP contribution in [0, 0.1) is 13.8 Å². The summed E-state index contributed by atoms with van der Waals surface area (Å²) in [6, 6.07) is 38.6. The Morgan fingerprint density at radius 3 is 1.62 bits per heavy atom. The summed E-state index contributed by atoms with van der Waals surface area (Å²) >= 11 is -0.826. The SMILES string of the molecule is CCC(C)c1cc2c(-c3ccc(C(C)(C)C)cc3)cccc2[cH-]1.C[Si]C.Cc1cc2c(-c3ccc(C(C)(C)C)cc3)ccc(C)c2[cH-]1.[Cl][Zr+2][Cl]. The quantitative estimate of drug-likeness (QED) is 0.123. The van der Waals surface area contributed by atoms with Crippen molar-refractivity contribution in [2.45, 2.75) is 106 Å². The minimum absolute atomic E-state index is 0.203. The fourth-order valence-electron chi connectivity index (χ4n) is 6.17. The van der Waals surface area contributed by atoms with E-state index in [0.29, 0.717) is 5.92 Å². The second kappa shape index (κ2) is 19.0. The molecule has 0 N–H and O–H groups in total. The van der Waals surface area contributed by atoms with Gasteiger partial charge in [0.05, 0.1) is 0 Å². The Bertz CT molecular complexity index is 1910. The monoisotopic (exact) mass is 796 g/mol. The van der Waals surface area contributed by atoms with Gasteiger partial charge in [0, 0.05) is 9.52 Å². The van der Waals surface area contributed by atoms with E-state index in [1.54, 1.807) is 0 Å². The zero-order chi connectivity index (χ0) is 37.2. The number of rotatable bonds is 4. The molecule has 0 heterocycles. The number of halogens is 2. The molecule has 50 heavy (non-hydrogen) atoms. The Balaban J connectivity index is 0.000000235. The molecule has 0 aliphatic carbocycles. The molecule has 0 spiro atoms. The first-order valence-corrected chi connectivity index (χ1v) is 26.0. The van der Waals surface area contributed by atoms with Crippen molar-refractivity contribution in [3.63, 3.8) is 0 Å². The van der Waals surface area contributed by atoms with Crippen molar-refractivity contribution in [2.24, 2.45) is 0 Å². The predicted molar refractivity (Wildman–Crippen MR) is 225 cm³/mol. The summed E-state index contributed by atoms with van der Waals surface area (Å²) in [5, 5.41) is 5.49. The Morgan fingerprint density at radius 2 is 1.16 bits per heavy atom. The van der Waals surface area contributed by atoms with Crippen LogP contribution in [0.1, 0.15) is 95.5 Å². The molecule has 262 valence electrons. The van der Waals surface area contributed by atoms with E-state index >= 15 is 0 Å². The van der Waals surface area contributed by atoms with Crippen molar-refractivity contribution in [1.29, 1.82) is 0 Å². The summed E-state index contributed by atoms with van der Waals surface area (Å²) < 4.78 is 0. The van der Waals surface area contributed by atoms with Gasteiger partial charge < -0.3 is 0 Å². The molecule has 0 nitrogen and oxygen atoms in total. The summed E-state index contributed by atoms with van der Waals surface area (Å²) in [7, 11) is 11.0. The van der Waals surface area contributed by atoms with Crippen molar-refractivity contribution in [3.05, 3.63) is 131 Å². The molecule has 0 amide bonds. The molecule has 0 saturated heterocycles. The zero-order valence-corrected chi connectivity index (χ0v) is 37.3. The van der Waals surface area contributed by atoms with E-state index in [4.69, 9.17) is 17.0 Å². The number of hydrogen-bond donors (Lipinski definition) is 0.